The molecule has 1 atom stereocenters. The maximum absolute atomic E-state index is 13.1. The van der Waals surface area contributed by atoms with Gasteiger partial charge >= 0.3 is 0 Å². The summed E-state index contributed by atoms with van der Waals surface area (Å²) in [4.78, 5) is 27.7. The number of carbonyl (C=O) groups excluding carboxylic acids is 2. The van der Waals surface area contributed by atoms with Gasteiger partial charge in [0.05, 0.1) is 23.2 Å². The van der Waals surface area contributed by atoms with E-state index in [9.17, 15) is 14.7 Å². The number of aliphatic hydroxyl groups excluding tert-OH is 1. The number of benzene rings is 3. The van der Waals surface area contributed by atoms with Crippen LogP contribution in [0.3, 0.4) is 0 Å². The van der Waals surface area contributed by atoms with Gasteiger partial charge in [-0.05, 0) is 47.9 Å². The molecule has 0 aromatic heterocycles. The molecule has 1 amide bonds. The third kappa shape index (κ3) is 3.73. The normalized spacial score (nSPS) is 17.8. The molecule has 6 heteroatoms. The number of hydrogen-bond donors (Lipinski definition) is 1. The summed E-state index contributed by atoms with van der Waals surface area (Å²) < 4.78 is 5.54. The molecule has 5 nitrogen and oxygen atoms in total. The molecule has 1 aliphatic rings. The fourth-order valence-electron chi connectivity index (χ4n) is 4.24. The fourth-order valence-corrected chi connectivity index (χ4v) is 4.41. The van der Waals surface area contributed by atoms with Crippen molar-refractivity contribution in [3.05, 3.63) is 82.4 Å². The van der Waals surface area contributed by atoms with E-state index in [1.54, 1.807) is 23.1 Å². The van der Waals surface area contributed by atoms with Gasteiger partial charge in [0, 0.05) is 12.1 Å². The molecule has 4 rings (SSSR count). The van der Waals surface area contributed by atoms with Crippen LogP contribution in [0.25, 0.3) is 16.5 Å². The second-order valence-corrected chi connectivity index (χ2v) is 8.05. The van der Waals surface area contributed by atoms with Crippen LogP contribution in [0.15, 0.2) is 66.2 Å². The van der Waals surface area contributed by atoms with Crippen molar-refractivity contribution in [1.82, 2.24) is 4.90 Å². The average molecular weight is 450 g/mol. The van der Waals surface area contributed by atoms with Crippen molar-refractivity contribution in [3.8, 4) is 5.75 Å². The maximum Gasteiger partial charge on any atom is 0.295 e. The second kappa shape index (κ2) is 9.05. The molecule has 3 aromatic rings. The number of hydrogen-bond acceptors (Lipinski definition) is 4. The lowest BCUT2D eigenvalue weighted by Crippen LogP contribution is -2.30. The minimum atomic E-state index is -0.693. The van der Waals surface area contributed by atoms with E-state index in [1.807, 2.05) is 56.3 Å². The summed E-state index contributed by atoms with van der Waals surface area (Å²) in [7, 11) is 0. The largest absolute Gasteiger partial charge is 0.507 e. The smallest absolute Gasteiger partial charge is 0.295 e. The van der Waals surface area contributed by atoms with Crippen molar-refractivity contribution in [2.75, 3.05) is 13.2 Å². The van der Waals surface area contributed by atoms with E-state index < -0.39 is 17.7 Å². The van der Waals surface area contributed by atoms with E-state index in [1.165, 1.54) is 0 Å². The molecule has 0 aliphatic carbocycles. The summed E-state index contributed by atoms with van der Waals surface area (Å²) in [6.07, 6.45) is 0.684. The number of amides is 1. The van der Waals surface area contributed by atoms with Gasteiger partial charge in [-0.1, -0.05) is 61.0 Å². The summed E-state index contributed by atoms with van der Waals surface area (Å²) in [5, 5.41) is 13.6. The zero-order valence-electron chi connectivity index (χ0n) is 18.0. The molecule has 0 spiro atoms. The Labute approximate surface area is 191 Å². The Morgan fingerprint density at radius 1 is 1.06 bits per heavy atom. The molecule has 1 saturated heterocycles. The lowest BCUT2D eigenvalue weighted by atomic mass is 9.91. The topological polar surface area (TPSA) is 66.8 Å². The van der Waals surface area contributed by atoms with E-state index in [0.717, 1.165) is 16.3 Å². The number of ketones is 1. The summed E-state index contributed by atoms with van der Waals surface area (Å²) in [5.41, 5.74) is 1.25. The van der Waals surface area contributed by atoms with E-state index in [2.05, 4.69) is 0 Å². The Morgan fingerprint density at radius 2 is 1.81 bits per heavy atom. The number of Topliss-reactive ketones (excluding diaryl/α,β-unsaturated/α-hetero) is 1. The number of carbonyl (C=O) groups is 2. The molecule has 0 saturated carbocycles. The van der Waals surface area contributed by atoms with Gasteiger partial charge in [0.25, 0.3) is 11.7 Å². The number of rotatable bonds is 6. The summed E-state index contributed by atoms with van der Waals surface area (Å²) in [5.74, 6) is -1.13. The highest BCUT2D eigenvalue weighted by molar-refractivity contribution is 6.46. The molecule has 3 aromatic carbocycles. The summed E-state index contributed by atoms with van der Waals surface area (Å²) in [6.45, 7) is 4.59. The minimum Gasteiger partial charge on any atom is -0.507 e. The van der Waals surface area contributed by atoms with E-state index >= 15 is 0 Å². The molecule has 0 bridgehead atoms. The van der Waals surface area contributed by atoms with Crippen LogP contribution in [0, 0.1) is 0 Å². The van der Waals surface area contributed by atoms with Crippen molar-refractivity contribution in [2.24, 2.45) is 0 Å². The zero-order valence-corrected chi connectivity index (χ0v) is 18.7. The highest BCUT2D eigenvalue weighted by Gasteiger charge is 2.46. The van der Waals surface area contributed by atoms with Crippen LogP contribution in [0.1, 0.15) is 37.4 Å². The highest BCUT2D eigenvalue weighted by Crippen LogP contribution is 2.42. The van der Waals surface area contributed by atoms with Crippen LogP contribution in [-0.2, 0) is 9.59 Å². The monoisotopic (exact) mass is 449 g/mol. The molecular weight excluding hydrogens is 426 g/mol. The van der Waals surface area contributed by atoms with Gasteiger partial charge in [-0.15, -0.1) is 0 Å². The number of ether oxygens (including phenoxy) is 1. The lowest BCUT2D eigenvalue weighted by molar-refractivity contribution is -0.139. The number of likely N-dealkylation sites (tertiary alicyclic amines) is 1. The minimum absolute atomic E-state index is 0.0737. The van der Waals surface area contributed by atoms with E-state index in [-0.39, 0.29) is 11.3 Å². The Hall–Kier alpha value is -3.31. The Bertz CT molecular complexity index is 1230. The Morgan fingerprint density at radius 3 is 2.56 bits per heavy atom. The number of aliphatic hydroxyl groups is 1. The van der Waals surface area contributed by atoms with E-state index in [0.29, 0.717) is 35.9 Å². The lowest BCUT2D eigenvalue weighted by Gasteiger charge is -2.26. The van der Waals surface area contributed by atoms with Gasteiger partial charge in [-0.25, -0.2) is 0 Å². The fraction of sp³-hybridized carbons (Fsp3) is 0.231. The van der Waals surface area contributed by atoms with Crippen molar-refractivity contribution >= 4 is 39.8 Å². The van der Waals surface area contributed by atoms with Crippen LogP contribution < -0.4 is 4.74 Å². The zero-order chi connectivity index (χ0) is 22.8. The molecular formula is C26H24ClNO4. The van der Waals surface area contributed by atoms with Gasteiger partial charge in [-0.2, -0.15) is 0 Å². The van der Waals surface area contributed by atoms with Crippen LogP contribution in [0.5, 0.6) is 5.75 Å². The van der Waals surface area contributed by atoms with Gasteiger partial charge in [0.1, 0.15) is 11.5 Å². The molecule has 1 aliphatic heterocycles. The third-order valence-electron chi connectivity index (χ3n) is 5.63. The van der Waals surface area contributed by atoms with Crippen molar-refractivity contribution in [3.63, 3.8) is 0 Å². The van der Waals surface area contributed by atoms with Gasteiger partial charge in [-0.3, -0.25) is 9.59 Å². The maximum atomic E-state index is 13.1. The number of nitrogens with zero attached hydrogens (tertiary/aromatic N) is 1. The third-order valence-corrected chi connectivity index (χ3v) is 5.94. The first-order valence-corrected chi connectivity index (χ1v) is 11.0. The van der Waals surface area contributed by atoms with Crippen molar-refractivity contribution in [1.29, 1.82) is 0 Å². The molecule has 1 heterocycles. The highest BCUT2D eigenvalue weighted by atomic mass is 35.5. The molecule has 1 fully saturated rings. The molecule has 32 heavy (non-hydrogen) atoms. The van der Waals surface area contributed by atoms with Crippen LogP contribution in [0.4, 0.5) is 0 Å². The van der Waals surface area contributed by atoms with Gasteiger partial charge < -0.3 is 14.7 Å². The average Bonchev–Trinajstić information content (AvgIpc) is 3.05. The number of halogens is 1. The predicted octanol–water partition coefficient (Wildman–Crippen LogP) is 5.72. The second-order valence-electron chi connectivity index (χ2n) is 7.64. The van der Waals surface area contributed by atoms with Crippen LogP contribution in [-0.4, -0.2) is 34.8 Å². The van der Waals surface area contributed by atoms with Crippen molar-refractivity contribution < 1.29 is 19.4 Å². The van der Waals surface area contributed by atoms with Crippen LogP contribution >= 0.6 is 11.6 Å². The number of fused-ring (bicyclic) bond motifs is 1. The Kier molecular flexibility index (Phi) is 6.19. The first-order chi connectivity index (χ1) is 15.5. The summed E-state index contributed by atoms with van der Waals surface area (Å²) in [6, 6.07) is 17.7. The van der Waals surface area contributed by atoms with Crippen molar-refractivity contribution in [2.45, 2.75) is 26.3 Å². The van der Waals surface area contributed by atoms with Gasteiger partial charge in [0.15, 0.2) is 0 Å². The van der Waals surface area contributed by atoms with Crippen LogP contribution in [0.2, 0.25) is 5.02 Å². The molecule has 164 valence electrons. The molecule has 1 unspecified atom stereocenters. The summed E-state index contributed by atoms with van der Waals surface area (Å²) >= 11 is 6.19. The standard InChI is InChI=1S/C26H24ClNO4/c1-3-14-28-23(19-11-7-9-16-8-5-6-10-18(16)19)22(25(30)26(28)31)24(29)17-12-13-20(27)21(15-17)32-4-2/h5-13,15,23,29H,3-4,14H2,1-2H3/b24-22-. The quantitative estimate of drug-likeness (QED) is 0.297. The van der Waals surface area contributed by atoms with Gasteiger partial charge in [0.2, 0.25) is 0 Å². The first kappa shape index (κ1) is 21.9. The molecule has 1 N–H and O–H groups in total. The SMILES string of the molecule is CCCN1C(=O)C(=O)/C(=C(\O)c2ccc(Cl)c(OCC)c2)C1c1cccc2ccccc12. The molecule has 0 radical (unpaired) electrons. The van der Waals surface area contributed by atoms with E-state index in [4.69, 9.17) is 16.3 Å². The predicted molar refractivity (Wildman–Crippen MR) is 126 cm³/mol. The first-order valence-electron chi connectivity index (χ1n) is 10.7. The Balaban J connectivity index is 1.95.